The first-order valence-corrected chi connectivity index (χ1v) is 7.45. The van der Waals surface area contributed by atoms with Gasteiger partial charge in [-0.2, -0.15) is 0 Å². The Labute approximate surface area is 132 Å². The molecule has 1 fully saturated rings. The molecule has 1 aromatic carbocycles. The molecule has 0 saturated carbocycles. The third-order valence-electron chi connectivity index (χ3n) is 4.01. The molecule has 0 N–H and O–H groups in total. The normalized spacial score (nSPS) is 21.1. The first-order chi connectivity index (χ1) is 11.0. The van der Waals surface area contributed by atoms with Crippen LogP contribution in [0.1, 0.15) is 19.8 Å². The summed E-state index contributed by atoms with van der Waals surface area (Å²) in [4.78, 5) is 25.5. The SMILES string of the molecule is CC[C@H]1CN(c2ccc(N3C=CC(=O)CC3)c(F)c2F)C(=O)O1. The number of hydrogen-bond acceptors (Lipinski definition) is 4. The van der Waals surface area contributed by atoms with Crippen LogP contribution >= 0.6 is 0 Å². The third kappa shape index (κ3) is 2.78. The van der Waals surface area contributed by atoms with Gasteiger partial charge in [0.1, 0.15) is 6.10 Å². The highest BCUT2D eigenvalue weighted by Gasteiger charge is 2.34. The monoisotopic (exact) mass is 322 g/mol. The van der Waals surface area contributed by atoms with E-state index in [1.54, 1.807) is 0 Å². The average molecular weight is 322 g/mol. The summed E-state index contributed by atoms with van der Waals surface area (Å²) in [5.74, 6) is -2.19. The Morgan fingerprint density at radius 1 is 1.22 bits per heavy atom. The summed E-state index contributed by atoms with van der Waals surface area (Å²) >= 11 is 0. The van der Waals surface area contributed by atoms with Crippen molar-refractivity contribution in [1.29, 1.82) is 0 Å². The van der Waals surface area contributed by atoms with Gasteiger partial charge in [0.25, 0.3) is 0 Å². The number of ketones is 1. The van der Waals surface area contributed by atoms with Crippen molar-refractivity contribution in [2.75, 3.05) is 22.9 Å². The van der Waals surface area contributed by atoms with E-state index < -0.39 is 17.7 Å². The molecule has 7 heteroatoms. The fourth-order valence-electron chi connectivity index (χ4n) is 2.65. The molecule has 1 aromatic rings. The zero-order chi connectivity index (χ0) is 16.6. The van der Waals surface area contributed by atoms with Gasteiger partial charge >= 0.3 is 6.09 Å². The van der Waals surface area contributed by atoms with Crippen LogP contribution < -0.4 is 9.80 Å². The van der Waals surface area contributed by atoms with Gasteiger partial charge in [-0.05, 0) is 24.6 Å². The maximum Gasteiger partial charge on any atom is 0.414 e. The number of nitrogens with zero attached hydrogens (tertiary/aromatic N) is 2. The third-order valence-corrected chi connectivity index (χ3v) is 4.01. The summed E-state index contributed by atoms with van der Waals surface area (Å²) in [6.07, 6.45) is 2.62. The van der Waals surface area contributed by atoms with Gasteiger partial charge in [-0.15, -0.1) is 0 Å². The number of hydrogen-bond donors (Lipinski definition) is 0. The summed E-state index contributed by atoms with van der Waals surface area (Å²) in [6.45, 7) is 2.34. The number of cyclic esters (lactones) is 1. The minimum Gasteiger partial charge on any atom is -0.444 e. The first-order valence-electron chi connectivity index (χ1n) is 7.45. The summed E-state index contributed by atoms with van der Waals surface area (Å²) in [5.41, 5.74) is -0.0983. The van der Waals surface area contributed by atoms with E-state index >= 15 is 0 Å². The van der Waals surface area contributed by atoms with Crippen LogP contribution in [0.3, 0.4) is 0 Å². The first kappa shape index (κ1) is 15.5. The number of benzene rings is 1. The van der Waals surface area contributed by atoms with E-state index in [1.165, 1.54) is 29.3 Å². The molecule has 2 heterocycles. The molecule has 0 aromatic heterocycles. The second kappa shape index (κ2) is 5.98. The molecule has 3 rings (SSSR count). The van der Waals surface area contributed by atoms with Crippen LogP contribution in [-0.2, 0) is 9.53 Å². The molecular formula is C16H16F2N2O3. The lowest BCUT2D eigenvalue weighted by atomic mass is 10.1. The number of halogens is 2. The number of anilines is 2. The lowest BCUT2D eigenvalue weighted by molar-refractivity contribution is -0.114. The zero-order valence-electron chi connectivity index (χ0n) is 12.6. The van der Waals surface area contributed by atoms with Crippen molar-refractivity contribution in [3.63, 3.8) is 0 Å². The van der Waals surface area contributed by atoms with Crippen molar-refractivity contribution in [2.45, 2.75) is 25.9 Å². The zero-order valence-corrected chi connectivity index (χ0v) is 12.6. The summed E-state index contributed by atoms with van der Waals surface area (Å²) in [7, 11) is 0. The van der Waals surface area contributed by atoms with E-state index in [-0.39, 0.29) is 42.8 Å². The van der Waals surface area contributed by atoms with E-state index in [9.17, 15) is 18.4 Å². The number of ether oxygens (including phenoxy) is 1. The predicted octanol–water partition coefficient (Wildman–Crippen LogP) is 2.99. The van der Waals surface area contributed by atoms with E-state index in [2.05, 4.69) is 0 Å². The molecule has 1 atom stereocenters. The molecule has 2 aliphatic rings. The highest BCUT2D eigenvalue weighted by atomic mass is 19.2. The Kier molecular flexibility index (Phi) is 4.02. The van der Waals surface area contributed by atoms with Gasteiger partial charge in [0, 0.05) is 19.2 Å². The van der Waals surface area contributed by atoms with Crippen LogP contribution in [0.5, 0.6) is 0 Å². The molecule has 23 heavy (non-hydrogen) atoms. The van der Waals surface area contributed by atoms with E-state index in [1.807, 2.05) is 6.92 Å². The molecule has 0 aliphatic carbocycles. The van der Waals surface area contributed by atoms with Crippen molar-refractivity contribution >= 4 is 23.3 Å². The number of carbonyl (C=O) groups excluding carboxylic acids is 2. The van der Waals surface area contributed by atoms with Gasteiger partial charge in [-0.1, -0.05) is 6.92 Å². The Balaban J connectivity index is 1.91. The number of allylic oxidation sites excluding steroid dienone is 1. The molecule has 0 radical (unpaired) electrons. The molecule has 0 bridgehead atoms. The molecular weight excluding hydrogens is 306 g/mol. The topological polar surface area (TPSA) is 49.9 Å². The van der Waals surface area contributed by atoms with Crippen LogP contribution in [-0.4, -0.2) is 31.1 Å². The van der Waals surface area contributed by atoms with Gasteiger partial charge < -0.3 is 9.64 Å². The van der Waals surface area contributed by atoms with Crippen molar-refractivity contribution < 1.29 is 23.1 Å². The van der Waals surface area contributed by atoms with Crippen LogP contribution in [0.2, 0.25) is 0 Å². The van der Waals surface area contributed by atoms with Crippen molar-refractivity contribution in [2.24, 2.45) is 0 Å². The lowest BCUT2D eigenvalue weighted by Gasteiger charge is -2.24. The molecule has 2 aliphatic heterocycles. The molecule has 0 unspecified atom stereocenters. The Bertz CT molecular complexity index is 690. The molecule has 122 valence electrons. The predicted molar refractivity (Wildman–Crippen MR) is 80.4 cm³/mol. The number of carbonyl (C=O) groups is 2. The van der Waals surface area contributed by atoms with Crippen molar-refractivity contribution in [1.82, 2.24) is 0 Å². The van der Waals surface area contributed by atoms with Crippen molar-refractivity contribution in [3.8, 4) is 0 Å². The maximum absolute atomic E-state index is 14.4. The standard InChI is InChI=1S/C16H16F2N2O3/c1-2-11-9-20(16(22)23-11)13-4-3-12(14(17)15(13)18)19-7-5-10(21)6-8-19/h3-5,7,11H,2,6,8-9H2,1H3/t11-/m0/s1. The molecule has 1 saturated heterocycles. The van der Waals surface area contributed by atoms with Crippen LogP contribution in [0.25, 0.3) is 0 Å². The van der Waals surface area contributed by atoms with Gasteiger partial charge in [-0.25, -0.2) is 13.6 Å². The summed E-state index contributed by atoms with van der Waals surface area (Å²) in [5, 5.41) is 0. The van der Waals surface area contributed by atoms with Gasteiger partial charge in [-0.3, -0.25) is 9.69 Å². The highest BCUT2D eigenvalue weighted by molar-refractivity contribution is 5.92. The molecule has 1 amide bonds. The molecule has 5 nitrogen and oxygen atoms in total. The number of rotatable bonds is 3. The van der Waals surface area contributed by atoms with E-state index in [0.717, 1.165) is 4.90 Å². The van der Waals surface area contributed by atoms with Gasteiger partial charge in [0.15, 0.2) is 17.4 Å². The molecule has 0 spiro atoms. The lowest BCUT2D eigenvalue weighted by Crippen LogP contribution is -2.28. The Morgan fingerprint density at radius 2 is 1.91 bits per heavy atom. The fourth-order valence-corrected chi connectivity index (χ4v) is 2.65. The van der Waals surface area contributed by atoms with E-state index in [0.29, 0.717) is 6.42 Å². The average Bonchev–Trinajstić information content (AvgIpc) is 2.92. The minimum absolute atomic E-state index is 0.0367. The smallest absolute Gasteiger partial charge is 0.414 e. The largest absolute Gasteiger partial charge is 0.444 e. The maximum atomic E-state index is 14.4. The van der Waals surface area contributed by atoms with Gasteiger partial charge in [0.2, 0.25) is 0 Å². The minimum atomic E-state index is -1.10. The van der Waals surface area contributed by atoms with Crippen LogP contribution in [0.4, 0.5) is 25.0 Å². The van der Waals surface area contributed by atoms with Crippen LogP contribution in [0.15, 0.2) is 24.4 Å². The van der Waals surface area contributed by atoms with E-state index in [4.69, 9.17) is 4.74 Å². The Morgan fingerprint density at radius 3 is 2.52 bits per heavy atom. The van der Waals surface area contributed by atoms with Crippen LogP contribution in [0, 0.1) is 11.6 Å². The summed E-state index contributed by atoms with van der Waals surface area (Å²) in [6, 6.07) is 2.76. The Hall–Kier alpha value is -2.44. The second-order valence-corrected chi connectivity index (χ2v) is 5.48. The second-order valence-electron chi connectivity index (χ2n) is 5.48. The summed E-state index contributed by atoms with van der Waals surface area (Å²) < 4.78 is 33.9. The van der Waals surface area contributed by atoms with Crippen molar-refractivity contribution in [3.05, 3.63) is 36.0 Å². The fraction of sp³-hybridized carbons (Fsp3) is 0.375. The number of amides is 1. The highest BCUT2D eigenvalue weighted by Crippen LogP contribution is 2.32. The van der Waals surface area contributed by atoms with Gasteiger partial charge in [0.05, 0.1) is 17.9 Å². The quantitative estimate of drug-likeness (QED) is 0.858.